The quantitative estimate of drug-likeness (QED) is 0.717. The highest BCUT2D eigenvalue weighted by Gasteiger charge is 2.34. The number of aliphatic hydroxyl groups excluding tert-OH is 1. The molecule has 136 valence electrons. The van der Waals surface area contributed by atoms with Gasteiger partial charge in [-0.05, 0) is 12.8 Å². The number of aromatic nitrogens is 5. The summed E-state index contributed by atoms with van der Waals surface area (Å²) in [5.74, 6) is 3.45. The van der Waals surface area contributed by atoms with E-state index in [-0.39, 0.29) is 6.61 Å². The predicted octanol–water partition coefficient (Wildman–Crippen LogP) is 0.631. The van der Waals surface area contributed by atoms with Crippen LogP contribution in [0, 0.1) is 0 Å². The Bertz CT molecular complexity index is 698. The maximum absolute atomic E-state index is 9.43. The minimum atomic E-state index is -0.113. The Morgan fingerprint density at radius 1 is 1.32 bits per heavy atom. The number of ether oxygens (including phenoxy) is 1. The Morgan fingerprint density at radius 3 is 2.80 bits per heavy atom. The van der Waals surface area contributed by atoms with Crippen LogP contribution >= 0.6 is 0 Å². The highest BCUT2D eigenvalue weighted by Crippen LogP contribution is 2.37. The summed E-state index contributed by atoms with van der Waals surface area (Å²) < 4.78 is 7.11. The summed E-state index contributed by atoms with van der Waals surface area (Å²) in [6.07, 6.45) is 5.38. The lowest BCUT2D eigenvalue weighted by Gasteiger charge is -2.35. The number of hydrogen-bond acceptors (Lipinski definition) is 8. The van der Waals surface area contributed by atoms with Gasteiger partial charge in [-0.2, -0.15) is 0 Å². The molecule has 1 aliphatic carbocycles. The Hall–Kier alpha value is -2.26. The first kappa shape index (κ1) is 17.6. The number of nitrogens with one attached hydrogen (secondary N) is 1. The molecule has 25 heavy (non-hydrogen) atoms. The van der Waals surface area contributed by atoms with Gasteiger partial charge in [-0.3, -0.25) is 4.98 Å². The van der Waals surface area contributed by atoms with Crippen molar-refractivity contribution in [2.75, 3.05) is 38.0 Å². The second-order valence-corrected chi connectivity index (χ2v) is 6.44. The van der Waals surface area contributed by atoms with Crippen LogP contribution in [0.1, 0.15) is 30.4 Å². The average molecular weight is 347 g/mol. The summed E-state index contributed by atoms with van der Waals surface area (Å²) in [6.45, 7) is 1.11. The van der Waals surface area contributed by atoms with Crippen molar-refractivity contribution in [1.29, 1.82) is 0 Å². The maximum Gasteiger partial charge on any atom is 0.158 e. The van der Waals surface area contributed by atoms with Crippen molar-refractivity contribution in [3.05, 3.63) is 24.0 Å². The van der Waals surface area contributed by atoms with Gasteiger partial charge in [0.05, 0.1) is 19.0 Å². The van der Waals surface area contributed by atoms with Crippen LogP contribution in [0.5, 0.6) is 0 Å². The van der Waals surface area contributed by atoms with Crippen LogP contribution in [0.15, 0.2) is 12.4 Å². The summed E-state index contributed by atoms with van der Waals surface area (Å²) in [5, 5.41) is 21.2. The van der Waals surface area contributed by atoms with E-state index < -0.39 is 0 Å². The minimum absolute atomic E-state index is 0.113. The molecule has 0 unspecified atom stereocenters. The Morgan fingerprint density at radius 2 is 2.12 bits per heavy atom. The molecule has 1 saturated carbocycles. The number of hydrogen-bond donors (Lipinski definition) is 2. The molecule has 3 rings (SSSR count). The standard InChI is InChI=1S/C16H25N7O2/c1-22(2)14-9-17-8-13(19-14)18-12-6-11(7-12)16-21-20-15(10-24)23(16)4-5-25-3/h8-9,11-12,24H,4-7,10H2,1-3H3,(H,18,19). The van der Waals surface area contributed by atoms with Crippen LogP contribution in [0.2, 0.25) is 0 Å². The van der Waals surface area contributed by atoms with Crippen LogP contribution in [0.25, 0.3) is 0 Å². The van der Waals surface area contributed by atoms with E-state index in [0.717, 1.165) is 30.3 Å². The number of rotatable bonds is 8. The van der Waals surface area contributed by atoms with E-state index >= 15 is 0 Å². The van der Waals surface area contributed by atoms with Crippen LogP contribution in [0.4, 0.5) is 11.6 Å². The molecule has 0 amide bonds. The van der Waals surface area contributed by atoms with Gasteiger partial charge in [0, 0.05) is 39.7 Å². The van der Waals surface area contributed by atoms with Crippen molar-refractivity contribution in [3.63, 3.8) is 0 Å². The summed E-state index contributed by atoms with van der Waals surface area (Å²) in [7, 11) is 5.55. The van der Waals surface area contributed by atoms with Crippen LogP contribution in [0.3, 0.4) is 0 Å². The van der Waals surface area contributed by atoms with Gasteiger partial charge < -0.3 is 24.6 Å². The summed E-state index contributed by atoms with van der Waals surface area (Å²) in [5.41, 5.74) is 0. The average Bonchev–Trinajstić information content (AvgIpc) is 2.98. The van der Waals surface area contributed by atoms with Crippen molar-refractivity contribution in [2.45, 2.75) is 38.0 Å². The molecule has 2 aromatic heterocycles. The maximum atomic E-state index is 9.43. The molecule has 0 radical (unpaired) electrons. The first-order chi connectivity index (χ1) is 12.1. The second-order valence-electron chi connectivity index (χ2n) is 6.44. The van der Waals surface area contributed by atoms with Gasteiger partial charge in [0.25, 0.3) is 0 Å². The molecule has 0 spiro atoms. The fourth-order valence-electron chi connectivity index (χ4n) is 2.99. The summed E-state index contributed by atoms with van der Waals surface area (Å²) in [4.78, 5) is 10.7. The van der Waals surface area contributed by atoms with Crippen molar-refractivity contribution < 1.29 is 9.84 Å². The van der Waals surface area contributed by atoms with Crippen molar-refractivity contribution in [1.82, 2.24) is 24.7 Å². The topological polar surface area (TPSA) is 101 Å². The summed E-state index contributed by atoms with van der Waals surface area (Å²) in [6, 6.07) is 0.335. The Kier molecular flexibility index (Phi) is 5.44. The molecule has 0 aromatic carbocycles. The van der Waals surface area contributed by atoms with Gasteiger partial charge in [-0.1, -0.05) is 0 Å². The lowest BCUT2D eigenvalue weighted by atomic mass is 9.79. The number of nitrogens with zero attached hydrogens (tertiary/aromatic N) is 6. The van der Waals surface area contributed by atoms with Gasteiger partial charge >= 0.3 is 0 Å². The first-order valence-electron chi connectivity index (χ1n) is 8.40. The fourth-order valence-corrected chi connectivity index (χ4v) is 2.99. The molecule has 9 heteroatoms. The monoisotopic (exact) mass is 347 g/mol. The highest BCUT2D eigenvalue weighted by atomic mass is 16.5. The molecular weight excluding hydrogens is 322 g/mol. The zero-order valence-corrected chi connectivity index (χ0v) is 14.9. The van der Waals surface area contributed by atoms with E-state index in [1.54, 1.807) is 19.5 Å². The zero-order chi connectivity index (χ0) is 17.8. The first-order valence-corrected chi connectivity index (χ1v) is 8.40. The minimum Gasteiger partial charge on any atom is -0.388 e. The third-order valence-corrected chi connectivity index (χ3v) is 4.45. The molecule has 0 bridgehead atoms. The fraction of sp³-hybridized carbons (Fsp3) is 0.625. The molecule has 2 aromatic rings. The number of aliphatic hydroxyl groups is 1. The van der Waals surface area contributed by atoms with Gasteiger partial charge in [-0.25, -0.2) is 4.98 Å². The molecule has 0 saturated heterocycles. The largest absolute Gasteiger partial charge is 0.388 e. The Balaban J connectivity index is 1.61. The lowest BCUT2D eigenvalue weighted by molar-refractivity contribution is 0.179. The van der Waals surface area contributed by atoms with Crippen LogP contribution in [-0.4, -0.2) is 63.7 Å². The van der Waals surface area contributed by atoms with Crippen molar-refractivity contribution in [3.8, 4) is 0 Å². The second kappa shape index (κ2) is 7.75. The molecule has 0 aliphatic heterocycles. The van der Waals surface area contributed by atoms with Crippen molar-refractivity contribution >= 4 is 11.6 Å². The van der Waals surface area contributed by atoms with E-state index in [1.165, 1.54) is 0 Å². The van der Waals surface area contributed by atoms with E-state index in [4.69, 9.17) is 4.74 Å². The van der Waals surface area contributed by atoms with E-state index in [1.807, 2.05) is 23.6 Å². The van der Waals surface area contributed by atoms with Crippen molar-refractivity contribution in [2.24, 2.45) is 0 Å². The highest BCUT2D eigenvalue weighted by molar-refractivity contribution is 5.43. The zero-order valence-electron chi connectivity index (χ0n) is 14.9. The lowest BCUT2D eigenvalue weighted by Crippen LogP contribution is -2.36. The van der Waals surface area contributed by atoms with Gasteiger partial charge in [-0.15, -0.1) is 10.2 Å². The molecule has 0 atom stereocenters. The normalized spacial score (nSPS) is 19.5. The van der Waals surface area contributed by atoms with E-state index in [0.29, 0.717) is 30.9 Å². The molecule has 1 fully saturated rings. The van der Waals surface area contributed by atoms with E-state index in [2.05, 4.69) is 25.5 Å². The number of anilines is 2. The van der Waals surface area contributed by atoms with Crippen LogP contribution < -0.4 is 10.2 Å². The third-order valence-electron chi connectivity index (χ3n) is 4.45. The third kappa shape index (κ3) is 3.88. The molecule has 9 nitrogen and oxygen atoms in total. The number of methoxy groups -OCH3 is 1. The smallest absolute Gasteiger partial charge is 0.158 e. The molecular formula is C16H25N7O2. The van der Waals surface area contributed by atoms with Gasteiger partial charge in [0.2, 0.25) is 0 Å². The SMILES string of the molecule is COCCn1c(CO)nnc1C1CC(Nc2cncc(N(C)C)n2)C1. The summed E-state index contributed by atoms with van der Waals surface area (Å²) >= 11 is 0. The van der Waals surface area contributed by atoms with Gasteiger partial charge in [0.1, 0.15) is 24.1 Å². The Labute approximate surface area is 147 Å². The van der Waals surface area contributed by atoms with Gasteiger partial charge in [0.15, 0.2) is 5.82 Å². The molecule has 2 N–H and O–H groups in total. The molecule has 2 heterocycles. The van der Waals surface area contributed by atoms with Crippen LogP contribution in [-0.2, 0) is 17.9 Å². The molecule has 1 aliphatic rings. The van der Waals surface area contributed by atoms with E-state index in [9.17, 15) is 5.11 Å². The predicted molar refractivity (Wildman–Crippen MR) is 93.6 cm³/mol.